The van der Waals surface area contributed by atoms with E-state index in [4.69, 9.17) is 9.26 Å². The fourth-order valence-electron chi connectivity index (χ4n) is 5.42. The van der Waals surface area contributed by atoms with Crippen LogP contribution in [0.3, 0.4) is 0 Å². The third-order valence-corrected chi connectivity index (χ3v) is 7.75. The standard InChI is InChI=1S/C32H44N2O2/c1-3-5-7-8-10-24-35-30-22-20-29(21-23-30)32-33-31(34-36-32)28-18-16-27(17-19-28)26-14-12-25(13-15-26)11-9-6-4-2/h16-23,25-26H,3-15,24H2,1-2H3. The van der Waals surface area contributed by atoms with Gasteiger partial charge >= 0.3 is 0 Å². The van der Waals surface area contributed by atoms with Crippen molar-refractivity contribution in [2.45, 2.75) is 103 Å². The molecule has 1 aliphatic carbocycles. The molecule has 0 saturated heterocycles. The van der Waals surface area contributed by atoms with Gasteiger partial charge in [0.2, 0.25) is 5.82 Å². The van der Waals surface area contributed by atoms with Gasteiger partial charge in [-0.15, -0.1) is 0 Å². The molecule has 1 fully saturated rings. The minimum atomic E-state index is 0.543. The molecule has 1 heterocycles. The molecule has 0 aliphatic heterocycles. The highest BCUT2D eigenvalue weighted by molar-refractivity contribution is 5.60. The molecule has 0 amide bonds. The van der Waals surface area contributed by atoms with E-state index in [1.54, 1.807) is 0 Å². The van der Waals surface area contributed by atoms with Gasteiger partial charge in [-0.25, -0.2) is 0 Å². The normalized spacial score (nSPS) is 17.8. The van der Waals surface area contributed by atoms with Gasteiger partial charge in [-0.2, -0.15) is 4.98 Å². The predicted molar refractivity (Wildman–Crippen MR) is 148 cm³/mol. The summed E-state index contributed by atoms with van der Waals surface area (Å²) in [5.41, 5.74) is 3.37. The Hall–Kier alpha value is -2.62. The zero-order chi connectivity index (χ0) is 25.0. The van der Waals surface area contributed by atoms with E-state index in [9.17, 15) is 0 Å². The van der Waals surface area contributed by atoms with E-state index in [-0.39, 0.29) is 0 Å². The molecule has 1 aromatic heterocycles. The number of nitrogens with zero attached hydrogens (tertiary/aromatic N) is 2. The Kier molecular flexibility index (Phi) is 10.4. The van der Waals surface area contributed by atoms with Gasteiger partial charge in [0.15, 0.2) is 0 Å². The van der Waals surface area contributed by atoms with Gasteiger partial charge < -0.3 is 9.26 Å². The van der Waals surface area contributed by atoms with Crippen molar-refractivity contribution in [2.24, 2.45) is 5.92 Å². The second-order valence-electron chi connectivity index (χ2n) is 10.5. The summed E-state index contributed by atoms with van der Waals surface area (Å²) in [6.45, 7) is 5.30. The Morgan fingerprint density at radius 2 is 1.42 bits per heavy atom. The summed E-state index contributed by atoms with van der Waals surface area (Å²) in [7, 11) is 0. The van der Waals surface area contributed by atoms with Crippen molar-refractivity contribution < 1.29 is 9.26 Å². The molecule has 1 aliphatic rings. The fourth-order valence-corrected chi connectivity index (χ4v) is 5.42. The molecule has 4 nitrogen and oxygen atoms in total. The summed E-state index contributed by atoms with van der Waals surface area (Å²) in [6, 6.07) is 16.8. The zero-order valence-corrected chi connectivity index (χ0v) is 22.4. The van der Waals surface area contributed by atoms with Gasteiger partial charge in [0, 0.05) is 11.1 Å². The van der Waals surface area contributed by atoms with Crippen molar-refractivity contribution in [3.05, 3.63) is 54.1 Å². The van der Waals surface area contributed by atoms with Crippen LogP contribution < -0.4 is 4.74 Å². The molecule has 0 radical (unpaired) electrons. The molecule has 0 bridgehead atoms. The summed E-state index contributed by atoms with van der Waals surface area (Å²) in [5.74, 6) is 3.71. The van der Waals surface area contributed by atoms with Crippen molar-refractivity contribution in [1.29, 1.82) is 0 Å². The number of hydrogen-bond donors (Lipinski definition) is 0. The number of hydrogen-bond acceptors (Lipinski definition) is 4. The summed E-state index contributed by atoms with van der Waals surface area (Å²) in [4.78, 5) is 4.65. The molecule has 4 heteroatoms. The van der Waals surface area contributed by atoms with Crippen molar-refractivity contribution in [3.63, 3.8) is 0 Å². The summed E-state index contributed by atoms with van der Waals surface area (Å²) in [6.07, 6.45) is 17.2. The van der Waals surface area contributed by atoms with Crippen LogP contribution in [0, 0.1) is 5.92 Å². The van der Waals surface area contributed by atoms with E-state index in [1.807, 2.05) is 24.3 Å². The molecule has 0 unspecified atom stereocenters. The Bertz CT molecular complexity index is 1000. The Morgan fingerprint density at radius 1 is 0.750 bits per heavy atom. The third-order valence-electron chi connectivity index (χ3n) is 7.75. The lowest BCUT2D eigenvalue weighted by Crippen LogP contribution is -2.13. The van der Waals surface area contributed by atoms with Gasteiger partial charge in [0.25, 0.3) is 5.89 Å². The molecular formula is C32H44N2O2. The maximum Gasteiger partial charge on any atom is 0.258 e. The molecule has 4 rings (SSSR count). The lowest BCUT2D eigenvalue weighted by atomic mass is 9.77. The highest BCUT2D eigenvalue weighted by Crippen LogP contribution is 2.38. The van der Waals surface area contributed by atoms with E-state index >= 15 is 0 Å². The van der Waals surface area contributed by atoms with E-state index < -0.39 is 0 Å². The SMILES string of the molecule is CCCCCCCOc1ccc(-c2nc(-c3ccc(C4CCC(CCCCC)CC4)cc3)no2)cc1. The quantitative estimate of drug-likeness (QED) is 0.212. The van der Waals surface area contributed by atoms with Crippen molar-refractivity contribution in [1.82, 2.24) is 10.1 Å². The first kappa shape index (κ1) is 26.4. The van der Waals surface area contributed by atoms with E-state index in [0.717, 1.165) is 35.8 Å². The average Bonchev–Trinajstić information content (AvgIpc) is 3.42. The van der Waals surface area contributed by atoms with Crippen molar-refractivity contribution >= 4 is 0 Å². The number of rotatable bonds is 14. The van der Waals surface area contributed by atoms with Crippen LogP contribution in [0.5, 0.6) is 5.75 Å². The Balaban J connectivity index is 1.27. The number of ether oxygens (including phenoxy) is 1. The molecule has 194 valence electrons. The van der Waals surface area contributed by atoms with Gasteiger partial charge in [0.05, 0.1) is 6.61 Å². The summed E-state index contributed by atoms with van der Waals surface area (Å²) >= 11 is 0. The first-order chi connectivity index (χ1) is 17.8. The summed E-state index contributed by atoms with van der Waals surface area (Å²) in [5, 5.41) is 4.24. The smallest absolute Gasteiger partial charge is 0.258 e. The maximum absolute atomic E-state index is 5.87. The zero-order valence-electron chi connectivity index (χ0n) is 22.4. The average molecular weight is 489 g/mol. The first-order valence-corrected chi connectivity index (χ1v) is 14.4. The lowest BCUT2D eigenvalue weighted by molar-refractivity contribution is 0.303. The number of aromatic nitrogens is 2. The molecule has 0 atom stereocenters. The highest BCUT2D eigenvalue weighted by Gasteiger charge is 2.22. The van der Waals surface area contributed by atoms with Crippen LogP contribution in [-0.4, -0.2) is 16.7 Å². The third kappa shape index (κ3) is 7.69. The van der Waals surface area contributed by atoms with Crippen LogP contribution in [0.2, 0.25) is 0 Å². The second kappa shape index (κ2) is 14.2. The van der Waals surface area contributed by atoms with Gasteiger partial charge in [-0.1, -0.05) is 94.6 Å². The number of benzene rings is 2. The van der Waals surface area contributed by atoms with Crippen molar-refractivity contribution in [2.75, 3.05) is 6.61 Å². The molecule has 2 aromatic carbocycles. The molecule has 0 spiro atoms. The molecular weight excluding hydrogens is 444 g/mol. The summed E-state index contributed by atoms with van der Waals surface area (Å²) < 4.78 is 11.5. The van der Waals surface area contributed by atoms with Crippen molar-refractivity contribution in [3.8, 4) is 28.6 Å². The largest absolute Gasteiger partial charge is 0.494 e. The van der Waals surface area contributed by atoms with Crippen LogP contribution in [-0.2, 0) is 0 Å². The highest BCUT2D eigenvalue weighted by atomic mass is 16.5. The Labute approximate surface area is 217 Å². The monoisotopic (exact) mass is 488 g/mol. The molecule has 36 heavy (non-hydrogen) atoms. The van der Waals surface area contributed by atoms with E-state index in [0.29, 0.717) is 17.6 Å². The molecule has 3 aromatic rings. The second-order valence-corrected chi connectivity index (χ2v) is 10.5. The predicted octanol–water partition coefficient (Wildman–Crippen LogP) is 9.61. The topological polar surface area (TPSA) is 48.2 Å². The fraction of sp³-hybridized carbons (Fsp3) is 0.562. The van der Waals surface area contributed by atoms with Gasteiger partial charge in [-0.05, 0) is 73.8 Å². The van der Waals surface area contributed by atoms with Crippen LogP contribution in [0.4, 0.5) is 0 Å². The molecule has 1 saturated carbocycles. The lowest BCUT2D eigenvalue weighted by Gasteiger charge is -2.29. The van der Waals surface area contributed by atoms with Crippen LogP contribution in [0.25, 0.3) is 22.8 Å². The first-order valence-electron chi connectivity index (χ1n) is 14.4. The van der Waals surface area contributed by atoms with Gasteiger partial charge in [-0.3, -0.25) is 0 Å². The van der Waals surface area contributed by atoms with Gasteiger partial charge in [0.1, 0.15) is 5.75 Å². The Morgan fingerprint density at radius 3 is 2.14 bits per heavy atom. The maximum atomic E-state index is 5.87. The van der Waals surface area contributed by atoms with Crippen LogP contribution in [0.15, 0.2) is 53.1 Å². The minimum Gasteiger partial charge on any atom is -0.494 e. The van der Waals surface area contributed by atoms with E-state index in [2.05, 4.69) is 48.3 Å². The minimum absolute atomic E-state index is 0.543. The van der Waals surface area contributed by atoms with Crippen LogP contribution in [0.1, 0.15) is 109 Å². The van der Waals surface area contributed by atoms with E-state index in [1.165, 1.54) is 82.6 Å². The van der Waals surface area contributed by atoms with Crippen LogP contribution >= 0.6 is 0 Å². The molecule has 0 N–H and O–H groups in total. The number of unbranched alkanes of at least 4 members (excludes halogenated alkanes) is 6.